The number of hydrogen-bond donors (Lipinski definition) is 2. The third-order valence-electron chi connectivity index (χ3n) is 6.02. The maximum atomic E-state index is 5.52. The summed E-state index contributed by atoms with van der Waals surface area (Å²) in [6.07, 6.45) is 1.11. The molecule has 0 saturated carbocycles. The Kier molecular flexibility index (Phi) is 7.30. The van der Waals surface area contributed by atoms with Crippen LogP contribution < -0.4 is 20.4 Å². The molecule has 0 radical (unpaired) electrons. The van der Waals surface area contributed by atoms with E-state index >= 15 is 0 Å². The molecular weight excluding hydrogens is 386 g/mol. The van der Waals surface area contributed by atoms with Gasteiger partial charge in [0.25, 0.3) is 0 Å². The fourth-order valence-corrected chi connectivity index (χ4v) is 4.30. The fourth-order valence-electron chi connectivity index (χ4n) is 4.30. The van der Waals surface area contributed by atoms with Crippen molar-refractivity contribution in [2.75, 3.05) is 55.7 Å². The van der Waals surface area contributed by atoms with Crippen LogP contribution in [0.15, 0.2) is 53.5 Å². The van der Waals surface area contributed by atoms with Crippen molar-refractivity contribution in [2.24, 2.45) is 4.99 Å². The highest BCUT2D eigenvalue weighted by Gasteiger charge is 2.23. The molecule has 2 aliphatic heterocycles. The molecule has 6 nitrogen and oxygen atoms in total. The molecule has 1 unspecified atom stereocenters. The largest absolute Gasteiger partial charge is 0.378 e. The van der Waals surface area contributed by atoms with Gasteiger partial charge in [0.2, 0.25) is 0 Å². The number of hydrogen-bond acceptors (Lipinski definition) is 4. The van der Waals surface area contributed by atoms with Crippen LogP contribution in [0.25, 0.3) is 0 Å². The van der Waals surface area contributed by atoms with Crippen molar-refractivity contribution in [3.05, 3.63) is 59.7 Å². The third-order valence-corrected chi connectivity index (χ3v) is 6.02. The molecule has 2 N–H and O–H groups in total. The second-order valence-corrected chi connectivity index (χ2v) is 8.33. The van der Waals surface area contributed by atoms with E-state index in [9.17, 15) is 0 Å². The molecule has 2 aliphatic rings. The Bertz CT molecular complexity index is 860. The Morgan fingerprint density at radius 3 is 2.58 bits per heavy atom. The number of nitrogens with one attached hydrogen (secondary N) is 2. The Balaban J connectivity index is 1.40. The number of benzene rings is 2. The Morgan fingerprint density at radius 2 is 1.81 bits per heavy atom. The van der Waals surface area contributed by atoms with Gasteiger partial charge in [-0.05, 0) is 44.0 Å². The van der Waals surface area contributed by atoms with Crippen molar-refractivity contribution in [3.8, 4) is 0 Å². The summed E-state index contributed by atoms with van der Waals surface area (Å²) >= 11 is 0. The minimum Gasteiger partial charge on any atom is -0.378 e. The van der Waals surface area contributed by atoms with Gasteiger partial charge >= 0.3 is 0 Å². The smallest absolute Gasteiger partial charge is 0.191 e. The molecule has 0 amide bonds. The lowest BCUT2D eigenvalue weighted by Gasteiger charge is -2.30. The first kappa shape index (κ1) is 21.5. The summed E-state index contributed by atoms with van der Waals surface area (Å²) in [5.41, 5.74) is 5.14. The monoisotopic (exact) mass is 421 g/mol. The molecule has 0 aromatic heterocycles. The summed E-state index contributed by atoms with van der Waals surface area (Å²) in [6, 6.07) is 17.8. The summed E-state index contributed by atoms with van der Waals surface area (Å²) in [5.74, 6) is 0.898. The van der Waals surface area contributed by atoms with Gasteiger partial charge in [0.15, 0.2) is 5.96 Å². The van der Waals surface area contributed by atoms with Crippen LogP contribution in [0.2, 0.25) is 0 Å². The molecule has 6 heteroatoms. The summed E-state index contributed by atoms with van der Waals surface area (Å²) < 4.78 is 5.52. The van der Waals surface area contributed by atoms with E-state index < -0.39 is 0 Å². The van der Waals surface area contributed by atoms with Crippen LogP contribution in [-0.4, -0.2) is 57.9 Å². The first-order valence-corrected chi connectivity index (χ1v) is 11.5. The van der Waals surface area contributed by atoms with Gasteiger partial charge in [0.05, 0.1) is 19.8 Å². The van der Waals surface area contributed by atoms with Gasteiger partial charge in [0, 0.05) is 50.1 Å². The van der Waals surface area contributed by atoms with E-state index in [0.717, 1.165) is 58.3 Å². The van der Waals surface area contributed by atoms with Gasteiger partial charge in [-0.25, -0.2) is 4.99 Å². The lowest BCUT2D eigenvalue weighted by molar-refractivity contribution is 0.122. The van der Waals surface area contributed by atoms with E-state index in [1.807, 2.05) is 0 Å². The van der Waals surface area contributed by atoms with Crippen molar-refractivity contribution >= 4 is 17.3 Å². The maximum absolute atomic E-state index is 5.52. The molecule has 4 rings (SSSR count). The van der Waals surface area contributed by atoms with Crippen LogP contribution in [0.4, 0.5) is 11.4 Å². The highest BCUT2D eigenvalue weighted by molar-refractivity contribution is 5.80. The average Bonchev–Trinajstić information content (AvgIpc) is 3.27. The van der Waals surface area contributed by atoms with E-state index in [4.69, 9.17) is 9.73 Å². The summed E-state index contributed by atoms with van der Waals surface area (Å²) in [5, 5.41) is 7.09. The van der Waals surface area contributed by atoms with E-state index in [0.29, 0.717) is 12.6 Å². The zero-order valence-electron chi connectivity index (χ0n) is 18.8. The van der Waals surface area contributed by atoms with Crippen molar-refractivity contribution in [1.82, 2.24) is 10.6 Å². The molecule has 2 fully saturated rings. The molecule has 2 aromatic rings. The Labute approximate surface area is 186 Å². The topological polar surface area (TPSA) is 52.1 Å². The predicted molar refractivity (Wildman–Crippen MR) is 129 cm³/mol. The molecule has 2 saturated heterocycles. The van der Waals surface area contributed by atoms with Gasteiger partial charge in [-0.3, -0.25) is 0 Å². The van der Waals surface area contributed by atoms with Gasteiger partial charge in [0.1, 0.15) is 0 Å². The second-order valence-electron chi connectivity index (χ2n) is 8.33. The van der Waals surface area contributed by atoms with E-state index in [1.165, 1.54) is 22.5 Å². The van der Waals surface area contributed by atoms with Gasteiger partial charge in [-0.15, -0.1) is 0 Å². The van der Waals surface area contributed by atoms with Gasteiger partial charge in [-0.2, -0.15) is 0 Å². The Hall–Kier alpha value is -2.73. The minimum absolute atomic E-state index is 0.397. The van der Waals surface area contributed by atoms with Crippen molar-refractivity contribution < 1.29 is 4.74 Å². The number of ether oxygens (including phenoxy) is 1. The molecule has 0 aliphatic carbocycles. The summed E-state index contributed by atoms with van der Waals surface area (Å²) in [7, 11) is 0. The van der Waals surface area contributed by atoms with Crippen LogP contribution >= 0.6 is 0 Å². The molecular formula is C25H35N5O. The quantitative estimate of drug-likeness (QED) is 0.554. The van der Waals surface area contributed by atoms with Crippen LogP contribution in [0.3, 0.4) is 0 Å². The maximum Gasteiger partial charge on any atom is 0.191 e. The van der Waals surface area contributed by atoms with Crippen molar-refractivity contribution in [3.63, 3.8) is 0 Å². The highest BCUT2D eigenvalue weighted by atomic mass is 16.5. The number of guanidine groups is 1. The molecule has 2 heterocycles. The van der Waals surface area contributed by atoms with Crippen molar-refractivity contribution in [1.29, 1.82) is 0 Å². The Morgan fingerprint density at radius 1 is 1.03 bits per heavy atom. The molecule has 0 spiro atoms. The predicted octanol–water partition coefficient (Wildman–Crippen LogP) is 3.17. The third kappa shape index (κ3) is 5.70. The number of para-hydroxylation sites is 1. The standard InChI is InChI=1S/C25H35N5O/c1-3-26-25(28-22-12-13-30(19-22)23-10-8-20(2)9-11-23)27-18-21-6-4-5-7-24(21)29-14-16-31-17-15-29/h4-11,22H,3,12-19H2,1-2H3,(H2,26,27,28). The van der Waals surface area contributed by atoms with Gasteiger partial charge < -0.3 is 25.2 Å². The molecule has 2 aromatic carbocycles. The average molecular weight is 422 g/mol. The first-order chi connectivity index (χ1) is 15.2. The lowest BCUT2D eigenvalue weighted by atomic mass is 10.1. The van der Waals surface area contributed by atoms with E-state index in [2.05, 4.69) is 82.8 Å². The zero-order valence-corrected chi connectivity index (χ0v) is 18.8. The molecule has 166 valence electrons. The fraction of sp³-hybridized carbons (Fsp3) is 0.480. The van der Waals surface area contributed by atoms with Crippen LogP contribution in [0.1, 0.15) is 24.5 Å². The highest BCUT2D eigenvalue weighted by Crippen LogP contribution is 2.23. The number of rotatable bonds is 6. The zero-order chi connectivity index (χ0) is 21.5. The van der Waals surface area contributed by atoms with Crippen LogP contribution in [-0.2, 0) is 11.3 Å². The number of morpholine rings is 1. The minimum atomic E-state index is 0.397. The lowest BCUT2D eigenvalue weighted by Crippen LogP contribution is -2.44. The second kappa shape index (κ2) is 10.5. The number of aliphatic imine (C=N–C) groups is 1. The number of nitrogens with zero attached hydrogens (tertiary/aromatic N) is 3. The molecule has 0 bridgehead atoms. The van der Waals surface area contributed by atoms with E-state index in [1.54, 1.807) is 0 Å². The van der Waals surface area contributed by atoms with Crippen molar-refractivity contribution in [2.45, 2.75) is 32.9 Å². The molecule has 1 atom stereocenters. The van der Waals surface area contributed by atoms with Crippen LogP contribution in [0, 0.1) is 6.92 Å². The number of aryl methyl sites for hydroxylation is 1. The SMILES string of the molecule is CCNC(=NCc1ccccc1N1CCOCC1)NC1CCN(c2ccc(C)cc2)C1. The number of anilines is 2. The summed E-state index contributed by atoms with van der Waals surface area (Å²) in [6.45, 7) is 11.3. The first-order valence-electron chi connectivity index (χ1n) is 11.5. The summed E-state index contributed by atoms with van der Waals surface area (Å²) in [4.78, 5) is 9.79. The van der Waals surface area contributed by atoms with E-state index in [-0.39, 0.29) is 0 Å². The van der Waals surface area contributed by atoms with Gasteiger partial charge in [-0.1, -0.05) is 35.9 Å². The normalized spacial score (nSPS) is 19.5. The molecule has 31 heavy (non-hydrogen) atoms. The van der Waals surface area contributed by atoms with Crippen LogP contribution in [0.5, 0.6) is 0 Å².